The lowest BCUT2D eigenvalue weighted by atomic mass is 9.80. The molecular formula is C19H19N3O3S. The zero-order chi connectivity index (χ0) is 18.6. The number of non-ortho nitro benzene ring substituents is 1. The largest absolute Gasteiger partial charge is 0.467 e. The first-order valence-electron chi connectivity index (χ1n) is 8.46. The number of nitro groups is 1. The minimum absolute atomic E-state index is 0.0178. The Kier molecular flexibility index (Phi) is 3.66. The summed E-state index contributed by atoms with van der Waals surface area (Å²) in [5, 5.41) is 15.1. The van der Waals surface area contributed by atoms with Crippen molar-refractivity contribution in [3.63, 3.8) is 0 Å². The Bertz CT molecular complexity index is 932. The van der Waals surface area contributed by atoms with Crippen molar-refractivity contribution in [2.24, 2.45) is 5.92 Å². The molecular weight excluding hydrogens is 350 g/mol. The van der Waals surface area contributed by atoms with E-state index in [-0.39, 0.29) is 22.6 Å². The average molecular weight is 369 g/mol. The molecule has 1 N–H and O–H groups in total. The van der Waals surface area contributed by atoms with Crippen molar-refractivity contribution < 1.29 is 9.66 Å². The van der Waals surface area contributed by atoms with Crippen LogP contribution in [-0.2, 0) is 0 Å². The molecule has 2 aromatic carbocycles. The number of nitrogens with one attached hydrogen (secondary N) is 1. The first kappa shape index (κ1) is 16.8. The van der Waals surface area contributed by atoms with Crippen LogP contribution in [0.5, 0.6) is 5.75 Å². The second kappa shape index (κ2) is 5.67. The summed E-state index contributed by atoms with van der Waals surface area (Å²) in [7, 11) is 0. The van der Waals surface area contributed by atoms with Crippen LogP contribution in [0.2, 0.25) is 0 Å². The topological polar surface area (TPSA) is 67.6 Å². The van der Waals surface area contributed by atoms with E-state index >= 15 is 0 Å². The second-order valence-electron chi connectivity index (χ2n) is 7.03. The predicted molar refractivity (Wildman–Crippen MR) is 103 cm³/mol. The van der Waals surface area contributed by atoms with E-state index in [4.69, 9.17) is 17.0 Å². The van der Waals surface area contributed by atoms with Crippen LogP contribution >= 0.6 is 12.2 Å². The lowest BCUT2D eigenvalue weighted by molar-refractivity contribution is -0.385. The van der Waals surface area contributed by atoms with Crippen LogP contribution in [0.25, 0.3) is 0 Å². The van der Waals surface area contributed by atoms with Gasteiger partial charge >= 0.3 is 0 Å². The van der Waals surface area contributed by atoms with E-state index in [9.17, 15) is 10.1 Å². The number of aryl methyl sites for hydroxylation is 1. The number of hydrogen-bond donors (Lipinski definition) is 1. The van der Waals surface area contributed by atoms with Gasteiger partial charge in [-0.3, -0.25) is 15.0 Å². The Labute approximate surface area is 156 Å². The molecule has 2 aromatic rings. The smallest absolute Gasteiger partial charge is 0.270 e. The quantitative estimate of drug-likeness (QED) is 0.489. The van der Waals surface area contributed by atoms with E-state index in [0.29, 0.717) is 10.9 Å². The van der Waals surface area contributed by atoms with E-state index in [1.807, 2.05) is 36.9 Å². The Morgan fingerprint density at radius 2 is 2.08 bits per heavy atom. The number of nitro benzene ring substituents is 1. The average Bonchev–Trinajstić information content (AvgIpc) is 2.57. The molecule has 0 radical (unpaired) electrons. The van der Waals surface area contributed by atoms with Crippen LogP contribution in [0.1, 0.15) is 31.0 Å². The standard InChI is InChI=1S/C19H19N3O3S/c1-11-5-4-6-13(9-11)21-18(26)20-17-12(2)19(21,3)25-16-8-7-14(22(23)24)10-15(16)17/h4-10,12,17H,1-3H3,(H,20,26). The van der Waals surface area contributed by atoms with Crippen molar-refractivity contribution in [1.82, 2.24) is 5.32 Å². The van der Waals surface area contributed by atoms with E-state index in [2.05, 4.69) is 18.3 Å². The maximum Gasteiger partial charge on any atom is 0.270 e. The zero-order valence-electron chi connectivity index (χ0n) is 14.7. The van der Waals surface area contributed by atoms with Gasteiger partial charge in [0.1, 0.15) is 5.75 Å². The minimum atomic E-state index is -0.691. The van der Waals surface area contributed by atoms with Gasteiger partial charge in [0.25, 0.3) is 5.69 Å². The third kappa shape index (κ3) is 2.34. The molecule has 2 aliphatic heterocycles. The molecule has 0 aliphatic carbocycles. The van der Waals surface area contributed by atoms with Crippen LogP contribution in [0.4, 0.5) is 11.4 Å². The molecule has 1 fully saturated rings. The van der Waals surface area contributed by atoms with Gasteiger partial charge < -0.3 is 10.1 Å². The second-order valence-corrected chi connectivity index (χ2v) is 7.41. The summed E-state index contributed by atoms with van der Waals surface area (Å²) in [4.78, 5) is 12.8. The van der Waals surface area contributed by atoms with Gasteiger partial charge in [0.15, 0.2) is 10.8 Å². The fourth-order valence-corrected chi connectivity index (χ4v) is 4.29. The molecule has 0 amide bonds. The number of hydrogen-bond acceptors (Lipinski definition) is 4. The molecule has 2 heterocycles. The number of anilines is 1. The van der Waals surface area contributed by atoms with E-state index in [0.717, 1.165) is 16.8 Å². The molecule has 2 bridgehead atoms. The number of ether oxygens (including phenoxy) is 1. The molecule has 3 atom stereocenters. The summed E-state index contributed by atoms with van der Waals surface area (Å²) < 4.78 is 6.39. The number of nitrogens with zero attached hydrogens (tertiary/aromatic N) is 2. The van der Waals surface area contributed by atoms with Crippen LogP contribution in [0.3, 0.4) is 0 Å². The van der Waals surface area contributed by atoms with Gasteiger partial charge in [0.05, 0.1) is 11.0 Å². The third-order valence-corrected chi connectivity index (χ3v) is 5.69. The van der Waals surface area contributed by atoms with E-state index < -0.39 is 5.72 Å². The third-order valence-electron chi connectivity index (χ3n) is 5.39. The van der Waals surface area contributed by atoms with Gasteiger partial charge in [-0.15, -0.1) is 0 Å². The van der Waals surface area contributed by atoms with E-state index in [1.54, 1.807) is 12.1 Å². The monoisotopic (exact) mass is 369 g/mol. The molecule has 3 unspecified atom stereocenters. The van der Waals surface area contributed by atoms with Crippen molar-refractivity contribution in [2.75, 3.05) is 4.90 Å². The summed E-state index contributed by atoms with van der Waals surface area (Å²) >= 11 is 5.65. The number of fused-ring (bicyclic) bond motifs is 4. The first-order chi connectivity index (χ1) is 12.3. The van der Waals surface area contributed by atoms with Gasteiger partial charge in [-0.2, -0.15) is 0 Å². The molecule has 6 nitrogen and oxygen atoms in total. The molecule has 0 spiro atoms. The van der Waals surface area contributed by atoms with Gasteiger partial charge in [-0.05, 0) is 49.8 Å². The molecule has 134 valence electrons. The van der Waals surface area contributed by atoms with Crippen molar-refractivity contribution in [3.05, 3.63) is 63.7 Å². The van der Waals surface area contributed by atoms with Gasteiger partial charge in [-0.1, -0.05) is 19.1 Å². The maximum atomic E-state index is 11.1. The molecule has 0 saturated carbocycles. The summed E-state index contributed by atoms with van der Waals surface area (Å²) in [6, 6.07) is 12.7. The van der Waals surface area contributed by atoms with Crippen LogP contribution < -0.4 is 15.0 Å². The molecule has 1 saturated heterocycles. The Morgan fingerprint density at radius 3 is 2.77 bits per heavy atom. The van der Waals surface area contributed by atoms with Crippen molar-refractivity contribution >= 4 is 28.7 Å². The zero-order valence-corrected chi connectivity index (χ0v) is 15.5. The minimum Gasteiger partial charge on any atom is -0.467 e. The Balaban J connectivity index is 1.84. The highest BCUT2D eigenvalue weighted by Gasteiger charge is 2.54. The highest BCUT2D eigenvalue weighted by molar-refractivity contribution is 7.80. The van der Waals surface area contributed by atoms with Crippen LogP contribution in [0, 0.1) is 23.0 Å². The SMILES string of the molecule is Cc1cccc(N2C(=S)NC3c4cc([N+](=O)[O-])ccc4OC2(C)C3C)c1. The number of rotatable bonds is 2. The lowest BCUT2D eigenvalue weighted by Gasteiger charge is -2.56. The molecule has 0 aromatic heterocycles. The summed E-state index contributed by atoms with van der Waals surface area (Å²) in [5.74, 6) is 0.665. The van der Waals surface area contributed by atoms with Crippen molar-refractivity contribution in [2.45, 2.75) is 32.5 Å². The molecule has 26 heavy (non-hydrogen) atoms. The molecule has 7 heteroatoms. The first-order valence-corrected chi connectivity index (χ1v) is 8.87. The van der Waals surface area contributed by atoms with Gasteiger partial charge in [-0.25, -0.2) is 0 Å². The fraction of sp³-hybridized carbons (Fsp3) is 0.316. The molecule has 2 aliphatic rings. The summed E-state index contributed by atoms with van der Waals surface area (Å²) in [6.07, 6.45) is 0. The van der Waals surface area contributed by atoms with Gasteiger partial charge in [0, 0.05) is 29.3 Å². The molecule has 4 rings (SSSR count). The van der Waals surface area contributed by atoms with Crippen molar-refractivity contribution in [1.29, 1.82) is 0 Å². The van der Waals surface area contributed by atoms with Crippen LogP contribution in [0.15, 0.2) is 42.5 Å². The Hall–Kier alpha value is -2.67. The summed E-state index contributed by atoms with van der Waals surface area (Å²) in [6.45, 7) is 6.13. The maximum absolute atomic E-state index is 11.1. The summed E-state index contributed by atoms with van der Waals surface area (Å²) in [5.41, 5.74) is 2.23. The highest BCUT2D eigenvalue weighted by Crippen LogP contribution is 2.49. The van der Waals surface area contributed by atoms with Gasteiger partial charge in [0.2, 0.25) is 0 Å². The fourth-order valence-electron chi connectivity index (χ4n) is 3.87. The Morgan fingerprint density at radius 1 is 1.31 bits per heavy atom. The normalized spacial score (nSPS) is 26.6. The number of benzene rings is 2. The lowest BCUT2D eigenvalue weighted by Crippen LogP contribution is -2.69. The van der Waals surface area contributed by atoms with Crippen LogP contribution in [-0.4, -0.2) is 15.8 Å². The predicted octanol–water partition coefficient (Wildman–Crippen LogP) is 4.08. The highest BCUT2D eigenvalue weighted by atomic mass is 32.1. The number of thiocarbonyl (C=S) groups is 1. The van der Waals surface area contributed by atoms with Crippen molar-refractivity contribution in [3.8, 4) is 5.75 Å². The van der Waals surface area contributed by atoms with E-state index in [1.165, 1.54) is 6.07 Å².